The Kier molecular flexibility index (Phi) is 63.6. The number of hydrogen-bond acceptors (Lipinski definition) is 6. The number of rotatable bonds is 63. The Balaban J connectivity index is 4.27. The van der Waals surface area contributed by atoms with Gasteiger partial charge in [-0.05, 0) is 83.5 Å². The van der Waals surface area contributed by atoms with Crippen molar-refractivity contribution in [3.8, 4) is 0 Å². The van der Waals surface area contributed by atoms with Gasteiger partial charge >= 0.3 is 17.9 Å². The van der Waals surface area contributed by atoms with Gasteiger partial charge in [-0.15, -0.1) is 0 Å². The van der Waals surface area contributed by atoms with E-state index in [1.54, 1.807) is 0 Å². The summed E-state index contributed by atoms with van der Waals surface area (Å²) in [6.45, 7) is 6.67. The molecule has 0 aromatic carbocycles. The molecule has 450 valence electrons. The molecule has 6 nitrogen and oxygen atoms in total. The van der Waals surface area contributed by atoms with Gasteiger partial charge in [-0.3, -0.25) is 14.4 Å². The number of carbonyl (C=O) groups is 3. The maximum atomic E-state index is 12.9. The van der Waals surface area contributed by atoms with Crippen LogP contribution in [-0.4, -0.2) is 37.2 Å². The van der Waals surface area contributed by atoms with E-state index in [9.17, 15) is 14.4 Å². The molecule has 0 heterocycles. The van der Waals surface area contributed by atoms with Crippen LogP contribution in [0.2, 0.25) is 0 Å². The number of allylic oxidation sites excluding steroid dienone is 8. The van der Waals surface area contributed by atoms with Crippen molar-refractivity contribution in [2.45, 2.75) is 374 Å². The maximum Gasteiger partial charge on any atom is 0.306 e. The van der Waals surface area contributed by atoms with Crippen molar-refractivity contribution in [1.82, 2.24) is 0 Å². The second kappa shape index (κ2) is 65.9. The normalized spacial score (nSPS) is 12.3. The molecule has 0 aliphatic rings. The zero-order valence-electron chi connectivity index (χ0n) is 51.7. The van der Waals surface area contributed by atoms with E-state index in [2.05, 4.69) is 69.4 Å². The first-order chi connectivity index (χ1) is 38.0. The fourth-order valence-electron chi connectivity index (χ4n) is 10.2. The maximum absolute atomic E-state index is 12.9. The van der Waals surface area contributed by atoms with Gasteiger partial charge in [-0.1, -0.05) is 313 Å². The molecule has 6 heteroatoms. The molecular weight excluding hydrogens is 949 g/mol. The van der Waals surface area contributed by atoms with Crippen LogP contribution < -0.4 is 0 Å². The van der Waals surface area contributed by atoms with E-state index in [0.717, 1.165) is 77.0 Å². The van der Waals surface area contributed by atoms with Crippen LogP contribution in [0.4, 0.5) is 0 Å². The summed E-state index contributed by atoms with van der Waals surface area (Å²) >= 11 is 0. The largest absolute Gasteiger partial charge is 0.462 e. The summed E-state index contributed by atoms with van der Waals surface area (Å²) in [7, 11) is 0. The summed E-state index contributed by atoms with van der Waals surface area (Å²) in [4.78, 5) is 38.4. The van der Waals surface area contributed by atoms with Crippen molar-refractivity contribution in [3.05, 3.63) is 48.6 Å². The Bertz CT molecular complexity index is 1330. The Morgan fingerprint density at radius 2 is 0.468 bits per heavy atom. The molecule has 0 rings (SSSR count). The minimum absolute atomic E-state index is 0.0740. The second-order valence-electron chi connectivity index (χ2n) is 23.1. The van der Waals surface area contributed by atoms with E-state index >= 15 is 0 Å². The zero-order valence-corrected chi connectivity index (χ0v) is 51.7. The predicted octanol–water partition coefficient (Wildman–Crippen LogP) is 23.3. The predicted molar refractivity (Wildman–Crippen MR) is 335 cm³/mol. The molecule has 1 atom stereocenters. The van der Waals surface area contributed by atoms with Crippen LogP contribution in [0, 0.1) is 0 Å². The van der Waals surface area contributed by atoms with Crippen LogP contribution >= 0.6 is 0 Å². The highest BCUT2D eigenvalue weighted by atomic mass is 16.6. The van der Waals surface area contributed by atoms with Gasteiger partial charge in [0.05, 0.1) is 0 Å². The number of unbranched alkanes of at least 4 members (excludes halogenated alkanes) is 44. The van der Waals surface area contributed by atoms with Gasteiger partial charge in [-0.2, -0.15) is 0 Å². The molecule has 0 fully saturated rings. The molecule has 0 amide bonds. The summed E-state index contributed by atoms with van der Waals surface area (Å²) in [6.07, 6.45) is 82.7. The molecule has 0 saturated heterocycles. The molecule has 0 aliphatic carbocycles. The highest BCUT2D eigenvalue weighted by Crippen LogP contribution is 2.18. The smallest absolute Gasteiger partial charge is 0.306 e. The fourth-order valence-corrected chi connectivity index (χ4v) is 10.2. The van der Waals surface area contributed by atoms with Crippen molar-refractivity contribution in [2.24, 2.45) is 0 Å². The van der Waals surface area contributed by atoms with Crippen LogP contribution in [0.5, 0.6) is 0 Å². The van der Waals surface area contributed by atoms with Crippen LogP contribution in [0.1, 0.15) is 367 Å². The first-order valence-electron chi connectivity index (χ1n) is 34.1. The highest BCUT2D eigenvalue weighted by Gasteiger charge is 2.19. The van der Waals surface area contributed by atoms with Gasteiger partial charge in [0, 0.05) is 19.3 Å². The molecular formula is C71H130O6. The van der Waals surface area contributed by atoms with Gasteiger partial charge < -0.3 is 14.2 Å². The van der Waals surface area contributed by atoms with Crippen LogP contribution in [-0.2, 0) is 28.6 Å². The van der Waals surface area contributed by atoms with Gasteiger partial charge in [-0.25, -0.2) is 0 Å². The standard InChI is InChI=1S/C71H130O6/c1-4-7-10-13-16-19-22-25-27-29-31-33-34-35-36-38-39-41-43-46-49-52-55-58-61-64-70(73)76-67-68(66-75-69(72)63-60-57-54-51-48-45-24-21-18-15-12-9-6-3)77-71(74)65-62-59-56-53-50-47-44-42-40-37-32-30-28-26-23-20-17-14-11-8-5-2/h21-22,24-25,29,31,34-35,68H,4-20,23,26-28,30,32-33,36-67H2,1-3H3/b24-21-,25-22-,31-29-,35-34-. The SMILES string of the molecule is CCCCCC/C=C\CCCCCCCC(=O)OCC(COC(=O)CCCCCCCCCCCC/C=C\C/C=C\C/C=C\CCCCCCC)OC(=O)CCCCCCCCCCCCCCCCCCCCCCC. The Hall–Kier alpha value is -2.63. The summed E-state index contributed by atoms with van der Waals surface area (Å²) < 4.78 is 17.0. The molecule has 77 heavy (non-hydrogen) atoms. The molecule has 0 spiro atoms. The molecule has 0 aliphatic heterocycles. The third-order valence-corrected chi connectivity index (χ3v) is 15.3. The Morgan fingerprint density at radius 1 is 0.260 bits per heavy atom. The van der Waals surface area contributed by atoms with Crippen molar-refractivity contribution in [2.75, 3.05) is 13.2 Å². The van der Waals surface area contributed by atoms with Crippen molar-refractivity contribution < 1.29 is 28.6 Å². The first-order valence-corrected chi connectivity index (χ1v) is 34.1. The minimum atomic E-state index is -0.777. The number of esters is 3. The summed E-state index contributed by atoms with van der Waals surface area (Å²) in [6, 6.07) is 0. The topological polar surface area (TPSA) is 78.9 Å². The number of ether oxygens (including phenoxy) is 3. The van der Waals surface area contributed by atoms with Gasteiger partial charge in [0.2, 0.25) is 0 Å². The van der Waals surface area contributed by atoms with E-state index in [-0.39, 0.29) is 31.1 Å². The van der Waals surface area contributed by atoms with Gasteiger partial charge in [0.15, 0.2) is 6.10 Å². The monoisotopic (exact) mass is 1080 g/mol. The molecule has 0 aromatic rings. The van der Waals surface area contributed by atoms with E-state index < -0.39 is 6.10 Å². The molecule has 1 unspecified atom stereocenters. The van der Waals surface area contributed by atoms with Gasteiger partial charge in [0.25, 0.3) is 0 Å². The third kappa shape index (κ3) is 64.1. The summed E-state index contributed by atoms with van der Waals surface area (Å²) in [5, 5.41) is 0. The van der Waals surface area contributed by atoms with E-state index in [4.69, 9.17) is 14.2 Å². The lowest BCUT2D eigenvalue weighted by atomic mass is 10.0. The molecule has 0 aromatic heterocycles. The average molecular weight is 1080 g/mol. The molecule has 0 radical (unpaired) electrons. The quantitative estimate of drug-likeness (QED) is 0.0261. The van der Waals surface area contributed by atoms with E-state index in [1.165, 1.54) is 250 Å². The zero-order chi connectivity index (χ0) is 55.7. The van der Waals surface area contributed by atoms with Gasteiger partial charge in [0.1, 0.15) is 13.2 Å². The average Bonchev–Trinajstić information content (AvgIpc) is 3.43. The molecule has 0 N–H and O–H groups in total. The lowest BCUT2D eigenvalue weighted by molar-refractivity contribution is -0.167. The number of hydrogen-bond donors (Lipinski definition) is 0. The highest BCUT2D eigenvalue weighted by molar-refractivity contribution is 5.71. The van der Waals surface area contributed by atoms with Crippen molar-refractivity contribution >= 4 is 17.9 Å². The third-order valence-electron chi connectivity index (χ3n) is 15.3. The minimum Gasteiger partial charge on any atom is -0.462 e. The Labute approximate surface area is 479 Å². The van der Waals surface area contributed by atoms with Crippen molar-refractivity contribution in [1.29, 1.82) is 0 Å². The first kappa shape index (κ1) is 74.4. The second-order valence-corrected chi connectivity index (χ2v) is 23.1. The van der Waals surface area contributed by atoms with Crippen molar-refractivity contribution in [3.63, 3.8) is 0 Å². The van der Waals surface area contributed by atoms with E-state index in [1.807, 2.05) is 0 Å². The summed E-state index contributed by atoms with van der Waals surface area (Å²) in [5.74, 6) is -0.862. The van der Waals surface area contributed by atoms with Crippen LogP contribution in [0.25, 0.3) is 0 Å². The fraction of sp³-hybridized carbons (Fsp3) is 0.845. The van der Waals surface area contributed by atoms with Crippen LogP contribution in [0.3, 0.4) is 0 Å². The number of carbonyl (C=O) groups excluding carboxylic acids is 3. The lowest BCUT2D eigenvalue weighted by Crippen LogP contribution is -2.30. The van der Waals surface area contributed by atoms with E-state index in [0.29, 0.717) is 19.3 Å². The summed E-state index contributed by atoms with van der Waals surface area (Å²) in [5.41, 5.74) is 0. The van der Waals surface area contributed by atoms with Crippen LogP contribution in [0.15, 0.2) is 48.6 Å². The lowest BCUT2D eigenvalue weighted by Gasteiger charge is -2.18. The molecule has 0 saturated carbocycles. The Morgan fingerprint density at radius 3 is 0.753 bits per heavy atom. The molecule has 0 bridgehead atoms.